The van der Waals surface area contributed by atoms with E-state index in [1.807, 2.05) is 0 Å². The van der Waals surface area contributed by atoms with Gasteiger partial charge in [-0.1, -0.05) is 0 Å². The van der Waals surface area contributed by atoms with Crippen LogP contribution in [0.4, 0.5) is 10.1 Å². The van der Waals surface area contributed by atoms with E-state index < -0.39 is 27.5 Å². The normalized spacial score (nSPS) is 17.2. The van der Waals surface area contributed by atoms with Crippen molar-refractivity contribution in [3.63, 3.8) is 0 Å². The van der Waals surface area contributed by atoms with Gasteiger partial charge in [-0.15, -0.1) is 0 Å². The van der Waals surface area contributed by atoms with Gasteiger partial charge >= 0.3 is 5.97 Å². The van der Waals surface area contributed by atoms with Gasteiger partial charge in [0.15, 0.2) is 9.84 Å². The van der Waals surface area contributed by atoms with Crippen molar-refractivity contribution < 1.29 is 22.7 Å². The minimum atomic E-state index is -3.53. The van der Waals surface area contributed by atoms with Crippen molar-refractivity contribution in [2.75, 3.05) is 24.2 Å². The lowest BCUT2D eigenvalue weighted by molar-refractivity contribution is -0.142. The molecule has 1 saturated heterocycles. The van der Waals surface area contributed by atoms with Crippen molar-refractivity contribution in [1.82, 2.24) is 0 Å². The molecule has 0 unspecified atom stereocenters. The second-order valence-electron chi connectivity index (χ2n) is 4.98. The van der Waals surface area contributed by atoms with Crippen molar-refractivity contribution >= 4 is 21.5 Å². The summed E-state index contributed by atoms with van der Waals surface area (Å²) < 4.78 is 36.7. The fraction of sp³-hybridized carbons (Fsp3) is 0.462. The van der Waals surface area contributed by atoms with Crippen LogP contribution in [0.15, 0.2) is 23.1 Å². The molecule has 0 spiro atoms. The third-order valence-electron chi connectivity index (χ3n) is 3.51. The van der Waals surface area contributed by atoms with Crippen LogP contribution in [0, 0.1) is 11.7 Å². The van der Waals surface area contributed by atoms with Crippen molar-refractivity contribution in [1.29, 1.82) is 0 Å². The number of sulfone groups is 1. The quantitative estimate of drug-likeness (QED) is 0.916. The standard InChI is InChI=1S/C13H16FNO4S/c1-20(18,19)12-8-10(14)2-3-11(12)15-6-4-9(5-7-15)13(16)17/h2-3,8-9H,4-7H2,1H3,(H,16,17). The number of aliphatic carboxylic acids is 1. The lowest BCUT2D eigenvalue weighted by Crippen LogP contribution is -2.37. The Morgan fingerprint density at radius 3 is 2.45 bits per heavy atom. The highest BCUT2D eigenvalue weighted by atomic mass is 32.2. The van der Waals surface area contributed by atoms with E-state index in [0.29, 0.717) is 31.6 Å². The Morgan fingerprint density at radius 1 is 1.35 bits per heavy atom. The summed E-state index contributed by atoms with van der Waals surface area (Å²) >= 11 is 0. The van der Waals surface area contributed by atoms with Crippen molar-refractivity contribution in [3.8, 4) is 0 Å². The zero-order valence-electron chi connectivity index (χ0n) is 11.0. The largest absolute Gasteiger partial charge is 0.481 e. The SMILES string of the molecule is CS(=O)(=O)c1cc(F)ccc1N1CCC(C(=O)O)CC1. The molecule has 1 heterocycles. The topological polar surface area (TPSA) is 74.7 Å². The smallest absolute Gasteiger partial charge is 0.306 e. The predicted octanol–water partition coefficient (Wildman–Crippen LogP) is 1.53. The highest BCUT2D eigenvalue weighted by Gasteiger charge is 2.27. The molecule has 0 radical (unpaired) electrons. The molecule has 0 aliphatic carbocycles. The minimum absolute atomic E-state index is 0.0497. The van der Waals surface area contributed by atoms with Crippen molar-refractivity contribution in [2.24, 2.45) is 5.92 Å². The van der Waals surface area contributed by atoms with Gasteiger partial charge in [-0.25, -0.2) is 12.8 Å². The summed E-state index contributed by atoms with van der Waals surface area (Å²) in [6, 6.07) is 3.66. The van der Waals surface area contributed by atoms with Gasteiger partial charge in [-0.3, -0.25) is 4.79 Å². The third-order valence-corrected chi connectivity index (χ3v) is 4.63. The molecule has 5 nitrogen and oxygen atoms in total. The predicted molar refractivity (Wildman–Crippen MR) is 72.1 cm³/mol. The molecular weight excluding hydrogens is 285 g/mol. The number of carbonyl (C=O) groups is 1. The van der Waals surface area contributed by atoms with Crippen molar-refractivity contribution in [2.45, 2.75) is 17.7 Å². The van der Waals surface area contributed by atoms with E-state index in [4.69, 9.17) is 5.11 Å². The lowest BCUT2D eigenvalue weighted by atomic mass is 9.97. The summed E-state index contributed by atoms with van der Waals surface area (Å²) in [4.78, 5) is 12.7. The van der Waals surface area contributed by atoms with E-state index in [9.17, 15) is 17.6 Å². The number of piperidine rings is 1. The second-order valence-corrected chi connectivity index (χ2v) is 6.97. The number of rotatable bonds is 3. The Bertz CT molecular complexity index is 621. The Balaban J connectivity index is 2.29. The van der Waals surface area contributed by atoms with Gasteiger partial charge in [-0.2, -0.15) is 0 Å². The molecule has 1 aliphatic rings. The van der Waals surface area contributed by atoms with Crippen molar-refractivity contribution in [3.05, 3.63) is 24.0 Å². The maximum atomic E-state index is 13.3. The van der Waals surface area contributed by atoms with Crippen LogP contribution in [-0.4, -0.2) is 38.8 Å². The van der Waals surface area contributed by atoms with Gasteiger partial charge in [0.25, 0.3) is 0 Å². The summed E-state index contributed by atoms with van der Waals surface area (Å²) in [5.74, 6) is -1.82. The summed E-state index contributed by atoms with van der Waals surface area (Å²) in [7, 11) is -3.53. The van der Waals surface area contributed by atoms with Crippen LogP contribution >= 0.6 is 0 Å². The van der Waals surface area contributed by atoms with Gasteiger partial charge in [0.05, 0.1) is 16.5 Å². The Kier molecular flexibility index (Phi) is 3.99. The molecule has 1 aliphatic heterocycles. The zero-order valence-corrected chi connectivity index (χ0v) is 11.9. The van der Waals surface area contributed by atoms with Gasteiger partial charge in [0.2, 0.25) is 0 Å². The number of halogens is 1. The maximum Gasteiger partial charge on any atom is 0.306 e. The van der Waals surface area contributed by atoms with Gasteiger partial charge in [0, 0.05) is 19.3 Å². The van der Waals surface area contributed by atoms with Crippen LogP contribution < -0.4 is 4.90 Å². The fourth-order valence-electron chi connectivity index (χ4n) is 2.41. The summed E-state index contributed by atoms with van der Waals surface area (Å²) in [6.45, 7) is 0.899. The first-order valence-electron chi connectivity index (χ1n) is 6.26. The monoisotopic (exact) mass is 301 g/mol. The number of hydrogen-bond donors (Lipinski definition) is 1. The average Bonchev–Trinajstić information content (AvgIpc) is 2.38. The molecule has 1 aromatic carbocycles. The van der Waals surface area contributed by atoms with Crippen LogP contribution in [0.1, 0.15) is 12.8 Å². The molecule has 0 amide bonds. The molecule has 110 valence electrons. The average molecular weight is 301 g/mol. The number of benzene rings is 1. The van der Waals surface area contributed by atoms with Gasteiger partial charge in [0.1, 0.15) is 5.82 Å². The Morgan fingerprint density at radius 2 is 1.95 bits per heavy atom. The number of anilines is 1. The Labute approximate surface area is 116 Å². The van der Waals surface area contributed by atoms with Crippen LogP contribution in [0.5, 0.6) is 0 Å². The maximum absolute atomic E-state index is 13.3. The molecule has 7 heteroatoms. The molecule has 0 aromatic heterocycles. The zero-order chi connectivity index (χ0) is 14.9. The van der Waals surface area contributed by atoms with Crippen LogP contribution in [-0.2, 0) is 14.6 Å². The van der Waals surface area contributed by atoms with E-state index in [1.165, 1.54) is 12.1 Å². The fourth-order valence-corrected chi connectivity index (χ4v) is 3.32. The van der Waals surface area contributed by atoms with E-state index in [0.717, 1.165) is 12.3 Å². The number of carboxylic acids is 1. The first-order chi connectivity index (χ1) is 9.29. The molecule has 1 N–H and O–H groups in total. The molecule has 2 rings (SSSR count). The first-order valence-corrected chi connectivity index (χ1v) is 8.15. The second kappa shape index (κ2) is 5.40. The number of hydrogen-bond acceptors (Lipinski definition) is 4. The minimum Gasteiger partial charge on any atom is -0.481 e. The number of carboxylic acid groups (broad SMARTS) is 1. The molecular formula is C13H16FNO4S. The molecule has 0 atom stereocenters. The third kappa shape index (κ3) is 3.09. The lowest BCUT2D eigenvalue weighted by Gasteiger charge is -2.33. The molecule has 0 bridgehead atoms. The Hall–Kier alpha value is -1.63. The summed E-state index contributed by atoms with van der Waals surface area (Å²) in [5.41, 5.74) is 0.442. The summed E-state index contributed by atoms with van der Waals surface area (Å²) in [6.07, 6.45) is 1.95. The van der Waals surface area contributed by atoms with Crippen LogP contribution in [0.25, 0.3) is 0 Å². The van der Waals surface area contributed by atoms with E-state index in [-0.39, 0.29) is 4.90 Å². The molecule has 20 heavy (non-hydrogen) atoms. The van der Waals surface area contributed by atoms with Gasteiger partial charge < -0.3 is 10.0 Å². The molecule has 1 aromatic rings. The van der Waals surface area contributed by atoms with E-state index in [2.05, 4.69) is 0 Å². The summed E-state index contributed by atoms with van der Waals surface area (Å²) in [5, 5.41) is 8.95. The van der Waals surface area contributed by atoms with E-state index in [1.54, 1.807) is 4.90 Å². The molecule has 1 fully saturated rings. The highest BCUT2D eigenvalue weighted by Crippen LogP contribution is 2.30. The van der Waals surface area contributed by atoms with Crippen LogP contribution in [0.3, 0.4) is 0 Å². The highest BCUT2D eigenvalue weighted by molar-refractivity contribution is 7.90. The first kappa shape index (κ1) is 14.8. The van der Waals surface area contributed by atoms with E-state index >= 15 is 0 Å². The van der Waals surface area contributed by atoms with Crippen LogP contribution in [0.2, 0.25) is 0 Å². The number of nitrogens with zero attached hydrogens (tertiary/aromatic N) is 1. The van der Waals surface area contributed by atoms with Gasteiger partial charge in [-0.05, 0) is 31.0 Å². The molecule has 0 saturated carbocycles.